The number of rotatable bonds is 7. The van der Waals surface area contributed by atoms with Gasteiger partial charge in [0.05, 0.1) is 11.3 Å². The lowest BCUT2D eigenvalue weighted by Crippen LogP contribution is -2.27. The summed E-state index contributed by atoms with van der Waals surface area (Å²) in [6.45, 7) is 1.51. The molecule has 2 aromatic heterocycles. The van der Waals surface area contributed by atoms with Crippen molar-refractivity contribution < 1.29 is 13.9 Å². The molecule has 0 bridgehead atoms. The normalized spacial score (nSPS) is 11.1. The zero-order valence-corrected chi connectivity index (χ0v) is 14.2. The van der Waals surface area contributed by atoms with Crippen LogP contribution in [0.25, 0.3) is 10.9 Å². The summed E-state index contributed by atoms with van der Waals surface area (Å²) in [4.78, 5) is 12.4. The molecule has 0 saturated heterocycles. The number of carbonyl (C=O) groups is 1. The molecule has 0 saturated carbocycles. The molecule has 24 heavy (non-hydrogen) atoms. The van der Waals surface area contributed by atoms with Gasteiger partial charge in [-0.25, -0.2) is 0 Å². The van der Waals surface area contributed by atoms with E-state index in [2.05, 4.69) is 5.32 Å². The molecule has 0 radical (unpaired) electrons. The third kappa shape index (κ3) is 3.47. The number of benzene rings is 1. The zero-order valence-electron chi connectivity index (χ0n) is 13.4. The number of aryl methyl sites for hydroxylation is 1. The van der Waals surface area contributed by atoms with Gasteiger partial charge in [-0.15, -0.1) is 0 Å². The number of halogens is 1. The summed E-state index contributed by atoms with van der Waals surface area (Å²) in [6, 6.07) is 11.4. The Morgan fingerprint density at radius 1 is 1.29 bits per heavy atom. The maximum atomic E-state index is 12.4. The van der Waals surface area contributed by atoms with Crippen molar-refractivity contribution in [2.45, 2.75) is 13.0 Å². The van der Waals surface area contributed by atoms with E-state index in [1.165, 1.54) is 0 Å². The van der Waals surface area contributed by atoms with Crippen LogP contribution in [0.3, 0.4) is 0 Å². The highest BCUT2D eigenvalue weighted by Gasteiger charge is 2.19. The molecule has 6 heteroatoms. The smallest absolute Gasteiger partial charge is 0.269 e. The van der Waals surface area contributed by atoms with Crippen molar-refractivity contribution >= 4 is 28.4 Å². The van der Waals surface area contributed by atoms with Crippen LogP contribution in [0.4, 0.5) is 0 Å². The van der Waals surface area contributed by atoms with Gasteiger partial charge in [-0.2, -0.15) is 0 Å². The van der Waals surface area contributed by atoms with Gasteiger partial charge in [-0.3, -0.25) is 4.79 Å². The number of nitrogens with one attached hydrogen (secondary N) is 1. The molecule has 0 unspecified atom stereocenters. The molecule has 3 aromatic rings. The third-order valence-corrected chi connectivity index (χ3v) is 4.22. The molecule has 0 aliphatic heterocycles. The molecule has 126 valence electrons. The summed E-state index contributed by atoms with van der Waals surface area (Å²) in [5.41, 5.74) is 1.42. The largest absolute Gasteiger partial charge is 0.467 e. The summed E-state index contributed by atoms with van der Waals surface area (Å²) >= 11 is 6.36. The van der Waals surface area contributed by atoms with E-state index < -0.39 is 0 Å². The number of amides is 1. The van der Waals surface area contributed by atoms with Crippen molar-refractivity contribution in [3.05, 3.63) is 59.1 Å². The van der Waals surface area contributed by atoms with E-state index in [4.69, 9.17) is 20.8 Å². The first-order valence-electron chi connectivity index (χ1n) is 7.79. The first-order chi connectivity index (χ1) is 11.7. The number of para-hydroxylation sites is 1. The van der Waals surface area contributed by atoms with Gasteiger partial charge in [-0.05, 0) is 24.6 Å². The van der Waals surface area contributed by atoms with Gasteiger partial charge in [0.1, 0.15) is 18.1 Å². The van der Waals surface area contributed by atoms with Crippen LogP contribution in [-0.2, 0) is 18.4 Å². The quantitative estimate of drug-likeness (QED) is 0.663. The first kappa shape index (κ1) is 16.6. The highest BCUT2D eigenvalue weighted by molar-refractivity contribution is 6.38. The molecule has 0 fully saturated rings. The molecule has 1 N–H and O–H groups in total. The predicted molar refractivity (Wildman–Crippen MR) is 93.2 cm³/mol. The summed E-state index contributed by atoms with van der Waals surface area (Å²) in [7, 11) is 1.84. The molecule has 1 aromatic carbocycles. The van der Waals surface area contributed by atoms with Gasteiger partial charge in [0.15, 0.2) is 0 Å². The van der Waals surface area contributed by atoms with E-state index in [-0.39, 0.29) is 5.91 Å². The predicted octanol–water partition coefficient (Wildman–Crippen LogP) is 3.76. The van der Waals surface area contributed by atoms with Crippen LogP contribution in [0.15, 0.2) is 47.1 Å². The van der Waals surface area contributed by atoms with Crippen LogP contribution in [0.1, 0.15) is 22.7 Å². The zero-order chi connectivity index (χ0) is 16.9. The maximum Gasteiger partial charge on any atom is 0.269 e. The number of furan rings is 1. The lowest BCUT2D eigenvalue weighted by Gasteiger charge is -2.07. The molecule has 0 spiro atoms. The van der Waals surface area contributed by atoms with Crippen LogP contribution in [0.5, 0.6) is 0 Å². The monoisotopic (exact) mass is 346 g/mol. The highest BCUT2D eigenvalue weighted by Crippen LogP contribution is 2.29. The van der Waals surface area contributed by atoms with E-state index in [0.717, 1.165) is 16.7 Å². The van der Waals surface area contributed by atoms with Crippen molar-refractivity contribution in [2.24, 2.45) is 7.05 Å². The van der Waals surface area contributed by atoms with Gasteiger partial charge in [0.25, 0.3) is 5.91 Å². The second kappa shape index (κ2) is 7.55. The molecular formula is C18H19ClN2O3. The van der Waals surface area contributed by atoms with Crippen LogP contribution in [-0.4, -0.2) is 23.6 Å². The van der Waals surface area contributed by atoms with Crippen LogP contribution >= 0.6 is 11.6 Å². The number of carbonyl (C=O) groups excluding carboxylic acids is 1. The second-order valence-electron chi connectivity index (χ2n) is 5.48. The Morgan fingerprint density at radius 3 is 2.88 bits per heavy atom. The average molecular weight is 347 g/mol. The molecule has 5 nitrogen and oxygen atoms in total. The van der Waals surface area contributed by atoms with Crippen molar-refractivity contribution in [1.82, 2.24) is 9.88 Å². The van der Waals surface area contributed by atoms with Crippen LogP contribution in [0, 0.1) is 0 Å². The highest BCUT2D eigenvalue weighted by atomic mass is 35.5. The number of hydrogen-bond donors (Lipinski definition) is 1. The van der Waals surface area contributed by atoms with Gasteiger partial charge >= 0.3 is 0 Å². The standard InChI is InChI=1S/C18H19ClN2O3/c1-21-15-8-3-2-7-14(15)16(19)17(21)18(22)20-9-5-10-23-12-13-6-4-11-24-13/h2-4,6-8,11H,5,9-10,12H2,1H3,(H,20,22). The van der Waals surface area contributed by atoms with Crippen LogP contribution in [0.2, 0.25) is 5.02 Å². The van der Waals surface area contributed by atoms with Crippen molar-refractivity contribution in [3.8, 4) is 0 Å². The van der Waals surface area contributed by atoms with E-state index in [1.54, 1.807) is 6.26 Å². The minimum Gasteiger partial charge on any atom is -0.467 e. The van der Waals surface area contributed by atoms with Gasteiger partial charge in [0, 0.05) is 31.1 Å². The summed E-state index contributed by atoms with van der Waals surface area (Å²) < 4.78 is 12.5. The Balaban J connectivity index is 1.50. The lowest BCUT2D eigenvalue weighted by atomic mass is 10.2. The fourth-order valence-corrected chi connectivity index (χ4v) is 3.00. The molecule has 1 amide bonds. The molecule has 0 atom stereocenters. The number of aromatic nitrogens is 1. The maximum absolute atomic E-state index is 12.4. The van der Waals surface area contributed by atoms with Crippen molar-refractivity contribution in [2.75, 3.05) is 13.2 Å². The minimum absolute atomic E-state index is 0.176. The van der Waals surface area contributed by atoms with E-state index >= 15 is 0 Å². The topological polar surface area (TPSA) is 56.4 Å². The Hall–Kier alpha value is -2.24. The summed E-state index contributed by atoms with van der Waals surface area (Å²) in [5.74, 6) is 0.617. The van der Waals surface area contributed by atoms with Crippen molar-refractivity contribution in [1.29, 1.82) is 0 Å². The Kier molecular flexibility index (Phi) is 5.23. The minimum atomic E-state index is -0.176. The Bertz CT molecular complexity index is 785. The SMILES string of the molecule is Cn1c(C(=O)NCCCOCc2ccco2)c(Cl)c2ccccc21. The third-order valence-electron chi connectivity index (χ3n) is 3.84. The number of ether oxygens (including phenoxy) is 1. The van der Waals surface area contributed by atoms with E-state index in [0.29, 0.717) is 36.9 Å². The van der Waals surface area contributed by atoms with Crippen molar-refractivity contribution in [3.63, 3.8) is 0 Å². The Morgan fingerprint density at radius 2 is 2.12 bits per heavy atom. The molecule has 2 heterocycles. The molecule has 0 aliphatic rings. The number of fused-ring (bicyclic) bond motifs is 1. The first-order valence-corrected chi connectivity index (χ1v) is 8.17. The fraction of sp³-hybridized carbons (Fsp3) is 0.278. The number of hydrogen-bond acceptors (Lipinski definition) is 3. The van der Waals surface area contributed by atoms with Gasteiger partial charge in [0.2, 0.25) is 0 Å². The second-order valence-corrected chi connectivity index (χ2v) is 5.86. The molecule has 0 aliphatic carbocycles. The summed E-state index contributed by atoms with van der Waals surface area (Å²) in [6.07, 6.45) is 2.33. The Labute approximate surface area is 145 Å². The fourth-order valence-electron chi connectivity index (χ4n) is 2.63. The van der Waals surface area contributed by atoms with Crippen LogP contribution < -0.4 is 5.32 Å². The summed E-state index contributed by atoms with van der Waals surface area (Å²) in [5, 5.41) is 4.26. The van der Waals surface area contributed by atoms with Gasteiger partial charge < -0.3 is 19.0 Å². The number of nitrogens with zero attached hydrogens (tertiary/aromatic N) is 1. The van der Waals surface area contributed by atoms with E-state index in [9.17, 15) is 4.79 Å². The molecular weight excluding hydrogens is 328 g/mol. The molecule has 3 rings (SSSR count). The average Bonchev–Trinajstić information content (AvgIpc) is 3.19. The van der Waals surface area contributed by atoms with E-state index in [1.807, 2.05) is 48.0 Å². The lowest BCUT2D eigenvalue weighted by molar-refractivity contribution is 0.0911. The van der Waals surface area contributed by atoms with Gasteiger partial charge in [-0.1, -0.05) is 29.8 Å².